The first-order valence-electron chi connectivity index (χ1n) is 6.86. The second-order valence-corrected chi connectivity index (χ2v) is 6.70. The highest BCUT2D eigenvalue weighted by molar-refractivity contribution is 7.98. The molecule has 0 spiro atoms. The predicted molar refractivity (Wildman–Crippen MR) is 94.2 cm³/mol. The van der Waals surface area contributed by atoms with Crippen LogP contribution in [-0.2, 0) is 0 Å². The van der Waals surface area contributed by atoms with Crippen molar-refractivity contribution in [2.45, 2.75) is 4.90 Å². The van der Waals surface area contributed by atoms with Crippen molar-refractivity contribution in [3.63, 3.8) is 0 Å². The summed E-state index contributed by atoms with van der Waals surface area (Å²) < 4.78 is 0. The van der Waals surface area contributed by atoms with E-state index in [2.05, 4.69) is 16.0 Å². The van der Waals surface area contributed by atoms with Gasteiger partial charge < -0.3 is 5.11 Å². The third-order valence-corrected chi connectivity index (χ3v) is 5.11. The molecule has 0 aliphatic rings. The van der Waals surface area contributed by atoms with Crippen LogP contribution in [0.25, 0.3) is 21.8 Å². The summed E-state index contributed by atoms with van der Waals surface area (Å²) in [5.74, 6) is -1.02. The maximum atomic E-state index is 11.0. The van der Waals surface area contributed by atoms with Crippen LogP contribution in [0.4, 0.5) is 0 Å². The number of aromatic carboxylic acids is 1. The minimum absolute atomic E-state index is 0.141. The molecule has 0 bridgehead atoms. The maximum Gasteiger partial charge on any atom is 0.347 e. The van der Waals surface area contributed by atoms with E-state index in [1.165, 1.54) is 6.20 Å². The molecule has 0 unspecified atom stereocenters. The fraction of sp³-hybridized carbons (Fsp3) is 0.0588. The molecule has 2 aromatic heterocycles. The van der Waals surface area contributed by atoms with Crippen LogP contribution in [0.15, 0.2) is 47.6 Å². The van der Waals surface area contributed by atoms with Crippen LogP contribution >= 0.6 is 23.1 Å². The van der Waals surface area contributed by atoms with Gasteiger partial charge in [-0.15, -0.1) is 23.1 Å². The van der Waals surface area contributed by atoms with Crippen LogP contribution in [0.2, 0.25) is 0 Å². The first-order valence-corrected chi connectivity index (χ1v) is 8.90. The summed E-state index contributed by atoms with van der Waals surface area (Å²) in [4.78, 5) is 20.7. The molecule has 0 aliphatic heterocycles. The lowest BCUT2D eigenvalue weighted by Gasteiger charge is -2.06. The second-order valence-electron chi connectivity index (χ2n) is 4.79. The number of hydrogen-bond acceptors (Lipinski definition) is 6. The monoisotopic (exact) mass is 353 g/mol. The molecule has 0 saturated heterocycles. The third-order valence-electron chi connectivity index (χ3n) is 3.36. The van der Waals surface area contributed by atoms with Crippen molar-refractivity contribution < 1.29 is 9.90 Å². The Bertz CT molecular complexity index is 943. The highest BCUT2D eigenvalue weighted by Crippen LogP contribution is 2.29. The fourth-order valence-corrected chi connectivity index (χ4v) is 3.29. The number of rotatable bonds is 4. The van der Waals surface area contributed by atoms with Crippen molar-refractivity contribution in [1.82, 2.24) is 9.97 Å². The van der Waals surface area contributed by atoms with E-state index < -0.39 is 5.97 Å². The van der Waals surface area contributed by atoms with E-state index in [-0.39, 0.29) is 4.88 Å². The molecule has 5 nitrogen and oxygen atoms in total. The molecule has 3 rings (SSSR count). The van der Waals surface area contributed by atoms with Gasteiger partial charge in [0.2, 0.25) is 0 Å². The normalized spacial score (nSPS) is 10.3. The Kier molecular flexibility index (Phi) is 4.60. The molecule has 0 fully saturated rings. The number of hydrogen-bond donors (Lipinski definition) is 1. The second kappa shape index (κ2) is 6.83. The van der Waals surface area contributed by atoms with Gasteiger partial charge in [0, 0.05) is 16.7 Å². The number of aromatic nitrogens is 2. The smallest absolute Gasteiger partial charge is 0.347 e. The zero-order chi connectivity index (χ0) is 17.1. The van der Waals surface area contributed by atoms with Crippen molar-refractivity contribution in [3.05, 3.63) is 53.2 Å². The lowest BCUT2D eigenvalue weighted by atomic mass is 10.0. The van der Waals surface area contributed by atoms with Gasteiger partial charge in [-0.25, -0.2) is 9.78 Å². The molecule has 0 aliphatic carbocycles. The Balaban J connectivity index is 2.01. The minimum Gasteiger partial charge on any atom is -0.477 e. The molecule has 3 aromatic rings. The van der Waals surface area contributed by atoms with Gasteiger partial charge in [0.25, 0.3) is 0 Å². The number of pyridine rings is 1. The number of nitriles is 1. The fourth-order valence-electron chi connectivity index (χ4n) is 2.16. The number of carboxylic acid groups (broad SMARTS) is 1. The average molecular weight is 353 g/mol. The van der Waals surface area contributed by atoms with Crippen molar-refractivity contribution in [2.75, 3.05) is 6.26 Å². The lowest BCUT2D eigenvalue weighted by molar-refractivity contribution is 0.0702. The lowest BCUT2D eigenvalue weighted by Crippen LogP contribution is -1.90. The Hall–Kier alpha value is -2.69. The van der Waals surface area contributed by atoms with Gasteiger partial charge in [-0.1, -0.05) is 12.1 Å². The Morgan fingerprint density at radius 2 is 2.00 bits per heavy atom. The Morgan fingerprint density at radius 3 is 2.58 bits per heavy atom. The molecule has 1 aromatic carbocycles. The summed E-state index contributed by atoms with van der Waals surface area (Å²) in [6.07, 6.45) is 4.93. The molecule has 0 atom stereocenters. The van der Waals surface area contributed by atoms with E-state index in [1.54, 1.807) is 24.0 Å². The summed E-state index contributed by atoms with van der Waals surface area (Å²) in [5, 5.41) is 18.9. The number of nitrogens with zero attached hydrogens (tertiary/aromatic N) is 3. The summed E-state index contributed by atoms with van der Waals surface area (Å²) in [7, 11) is 0. The van der Waals surface area contributed by atoms with Crippen LogP contribution in [0, 0.1) is 11.3 Å². The van der Waals surface area contributed by atoms with E-state index in [9.17, 15) is 10.1 Å². The number of thioether (sulfide) groups is 1. The summed E-state index contributed by atoms with van der Waals surface area (Å²) in [6, 6.07) is 11.7. The number of thiazole rings is 1. The van der Waals surface area contributed by atoms with Crippen LogP contribution in [-0.4, -0.2) is 27.3 Å². The van der Waals surface area contributed by atoms with Crippen LogP contribution in [0.1, 0.15) is 15.2 Å². The highest BCUT2D eigenvalue weighted by atomic mass is 32.2. The van der Waals surface area contributed by atoms with Crippen LogP contribution < -0.4 is 0 Å². The predicted octanol–water partition coefficient (Wildman–Crippen LogP) is 4.16. The Labute approximate surface area is 146 Å². The zero-order valence-electron chi connectivity index (χ0n) is 12.6. The maximum absolute atomic E-state index is 11.0. The molecule has 118 valence electrons. The molecular weight excluding hydrogens is 342 g/mol. The standard InChI is InChI=1S/C17H11N3O2S2/c1-23-12-4-2-10(3-5-12)13-8-19-14(6-11(13)7-18)16-20-9-15(24-16)17(21)22/h2-6,8-9H,1H3,(H,21,22). The third kappa shape index (κ3) is 3.15. The van der Waals surface area contributed by atoms with E-state index in [0.717, 1.165) is 27.4 Å². The van der Waals surface area contributed by atoms with Crippen molar-refractivity contribution in [2.24, 2.45) is 0 Å². The van der Waals surface area contributed by atoms with Crippen molar-refractivity contribution >= 4 is 29.1 Å². The van der Waals surface area contributed by atoms with E-state index in [1.807, 2.05) is 30.5 Å². The number of carbonyl (C=O) groups is 1. The van der Waals surface area contributed by atoms with Crippen molar-refractivity contribution in [3.8, 4) is 27.9 Å². The minimum atomic E-state index is -1.02. The van der Waals surface area contributed by atoms with Crippen LogP contribution in [0.5, 0.6) is 0 Å². The van der Waals surface area contributed by atoms with Gasteiger partial charge in [0.15, 0.2) is 0 Å². The molecule has 1 N–H and O–H groups in total. The molecule has 0 radical (unpaired) electrons. The van der Waals surface area contributed by atoms with E-state index >= 15 is 0 Å². The molecule has 0 saturated carbocycles. The largest absolute Gasteiger partial charge is 0.477 e. The summed E-state index contributed by atoms with van der Waals surface area (Å²) >= 11 is 2.69. The van der Waals surface area contributed by atoms with Gasteiger partial charge in [-0.3, -0.25) is 4.98 Å². The van der Waals surface area contributed by atoms with Gasteiger partial charge in [-0.2, -0.15) is 5.26 Å². The first-order chi connectivity index (χ1) is 11.6. The van der Waals surface area contributed by atoms with Gasteiger partial charge in [-0.05, 0) is 30.0 Å². The van der Waals surface area contributed by atoms with E-state index in [4.69, 9.17) is 5.11 Å². The molecule has 7 heteroatoms. The van der Waals surface area contributed by atoms with Crippen LogP contribution in [0.3, 0.4) is 0 Å². The topological polar surface area (TPSA) is 86.9 Å². The van der Waals surface area contributed by atoms with Gasteiger partial charge in [0.1, 0.15) is 15.6 Å². The van der Waals surface area contributed by atoms with Gasteiger partial charge >= 0.3 is 5.97 Å². The van der Waals surface area contributed by atoms with Gasteiger partial charge in [0.05, 0.1) is 17.8 Å². The number of benzene rings is 1. The molecular formula is C17H11N3O2S2. The first kappa shape index (κ1) is 16.2. The average Bonchev–Trinajstić information content (AvgIpc) is 3.12. The molecule has 0 amide bonds. The quantitative estimate of drug-likeness (QED) is 0.709. The zero-order valence-corrected chi connectivity index (χ0v) is 14.2. The van der Waals surface area contributed by atoms with E-state index in [0.29, 0.717) is 16.3 Å². The molecule has 2 heterocycles. The Morgan fingerprint density at radius 1 is 1.25 bits per heavy atom. The SMILES string of the molecule is CSc1ccc(-c2cnc(-c3ncc(C(=O)O)s3)cc2C#N)cc1. The summed E-state index contributed by atoms with van der Waals surface area (Å²) in [5.41, 5.74) is 2.62. The highest BCUT2D eigenvalue weighted by Gasteiger charge is 2.14. The number of carboxylic acids is 1. The van der Waals surface area contributed by atoms with Crippen molar-refractivity contribution in [1.29, 1.82) is 5.26 Å². The molecule has 24 heavy (non-hydrogen) atoms. The summed E-state index contributed by atoms with van der Waals surface area (Å²) in [6.45, 7) is 0.